The number of halogens is 13. The third-order valence-electron chi connectivity index (χ3n) is 8.03. The lowest BCUT2D eigenvalue weighted by atomic mass is 9.70. The fourth-order valence-electron chi connectivity index (χ4n) is 5.54. The van der Waals surface area contributed by atoms with Crippen molar-refractivity contribution < 1.29 is 57.1 Å². The molecule has 2 aliphatic rings. The van der Waals surface area contributed by atoms with Crippen molar-refractivity contribution in [1.29, 1.82) is 0 Å². The largest absolute Gasteiger partial charge is 0.460 e. The summed E-state index contributed by atoms with van der Waals surface area (Å²) in [6.07, 6.45) is 1.23. The van der Waals surface area contributed by atoms with Gasteiger partial charge in [0.15, 0.2) is 0 Å². The molecular weight excluding hydrogens is 523 g/mol. The lowest BCUT2D eigenvalue weighted by Gasteiger charge is -2.41. The second-order valence-electron chi connectivity index (χ2n) is 10.4. The fourth-order valence-corrected chi connectivity index (χ4v) is 5.54. The monoisotopic (exact) mass is 554 g/mol. The van der Waals surface area contributed by atoms with Crippen molar-refractivity contribution in [1.82, 2.24) is 0 Å². The summed E-state index contributed by atoms with van der Waals surface area (Å²) in [6, 6.07) is 0. The maximum Gasteiger partial charge on any atom is 0.460 e. The van der Waals surface area contributed by atoms with E-state index in [9.17, 15) is 57.1 Å². The van der Waals surface area contributed by atoms with E-state index >= 15 is 0 Å². The molecule has 2 rings (SSSR count). The van der Waals surface area contributed by atoms with Crippen LogP contribution in [0.2, 0.25) is 0 Å². The number of rotatable bonds is 10. The number of hydrogen-bond donors (Lipinski definition) is 0. The minimum Gasteiger partial charge on any atom is -0.199 e. The molecule has 0 amide bonds. The van der Waals surface area contributed by atoms with Crippen molar-refractivity contribution >= 4 is 0 Å². The van der Waals surface area contributed by atoms with Gasteiger partial charge in [-0.3, -0.25) is 0 Å². The minimum absolute atomic E-state index is 0.0856. The van der Waals surface area contributed by atoms with E-state index in [0.717, 1.165) is 38.5 Å². The quantitative estimate of drug-likeness (QED) is 0.236. The van der Waals surface area contributed by atoms with Crippen LogP contribution in [0.15, 0.2) is 0 Å². The molecular formula is C23H31F13. The summed E-state index contributed by atoms with van der Waals surface area (Å²) in [6.45, 7) is 0.351. The predicted octanol–water partition coefficient (Wildman–Crippen LogP) is 9.92. The lowest BCUT2D eigenvalue weighted by molar-refractivity contribution is -0.443. The highest BCUT2D eigenvalue weighted by Crippen LogP contribution is 2.61. The summed E-state index contributed by atoms with van der Waals surface area (Å²) in [4.78, 5) is 0. The number of hydrogen-bond acceptors (Lipinski definition) is 0. The van der Waals surface area contributed by atoms with Crippen molar-refractivity contribution in [2.24, 2.45) is 23.7 Å². The van der Waals surface area contributed by atoms with Gasteiger partial charge in [-0.25, -0.2) is 0 Å². The molecule has 2 fully saturated rings. The molecule has 0 aliphatic heterocycles. The highest BCUT2D eigenvalue weighted by molar-refractivity contribution is 5.11. The molecule has 1 unspecified atom stereocenters. The van der Waals surface area contributed by atoms with E-state index in [1.165, 1.54) is 19.3 Å². The first-order chi connectivity index (χ1) is 16.2. The summed E-state index contributed by atoms with van der Waals surface area (Å²) in [5, 5.41) is 0. The molecule has 0 N–H and O–H groups in total. The molecule has 0 saturated heterocycles. The van der Waals surface area contributed by atoms with Crippen molar-refractivity contribution in [3.8, 4) is 0 Å². The Hall–Kier alpha value is -0.910. The van der Waals surface area contributed by atoms with E-state index in [0.29, 0.717) is 25.2 Å². The van der Waals surface area contributed by atoms with Gasteiger partial charge in [-0.1, -0.05) is 64.7 Å². The topological polar surface area (TPSA) is 0 Å². The third kappa shape index (κ3) is 5.59. The van der Waals surface area contributed by atoms with Gasteiger partial charge < -0.3 is 0 Å². The van der Waals surface area contributed by atoms with Crippen LogP contribution in [0.1, 0.15) is 84.0 Å². The second-order valence-corrected chi connectivity index (χ2v) is 10.4. The number of alkyl halides is 13. The SMILES string of the molecule is CC(CCC[C@H]1CC[C@H](C2CCCCC2)CC1)C(F)(F)C(F)(F)C(F)(F)C(F)(F)C(F)(F)C(F)(F)F. The highest BCUT2D eigenvalue weighted by Gasteiger charge is 2.91. The van der Waals surface area contributed by atoms with E-state index in [4.69, 9.17) is 0 Å². The molecule has 0 bridgehead atoms. The average molecular weight is 554 g/mol. The third-order valence-corrected chi connectivity index (χ3v) is 8.03. The van der Waals surface area contributed by atoms with Gasteiger partial charge >= 0.3 is 35.8 Å². The first-order valence-corrected chi connectivity index (χ1v) is 12.2. The van der Waals surface area contributed by atoms with Crippen LogP contribution >= 0.6 is 0 Å². The van der Waals surface area contributed by atoms with Crippen LogP contribution in [-0.4, -0.2) is 35.8 Å². The van der Waals surface area contributed by atoms with Gasteiger partial charge in [-0.15, -0.1) is 0 Å². The van der Waals surface area contributed by atoms with Gasteiger partial charge in [-0.2, -0.15) is 57.1 Å². The van der Waals surface area contributed by atoms with Gasteiger partial charge in [0.2, 0.25) is 0 Å². The van der Waals surface area contributed by atoms with Crippen molar-refractivity contribution in [3.05, 3.63) is 0 Å². The summed E-state index contributed by atoms with van der Waals surface area (Å²) >= 11 is 0. The highest BCUT2D eigenvalue weighted by atomic mass is 19.4. The summed E-state index contributed by atoms with van der Waals surface area (Å²) in [7, 11) is 0. The summed E-state index contributed by atoms with van der Waals surface area (Å²) in [5.74, 6) is -37.8. The molecule has 0 nitrogen and oxygen atoms in total. The molecule has 1 atom stereocenters. The molecule has 2 saturated carbocycles. The normalized spacial score (nSPS) is 25.2. The first kappa shape index (κ1) is 31.3. The molecule has 214 valence electrons. The summed E-state index contributed by atoms with van der Waals surface area (Å²) < 4.78 is 173. The Balaban J connectivity index is 1.98. The second kappa shape index (κ2) is 10.7. The fraction of sp³-hybridized carbons (Fsp3) is 1.00. The van der Waals surface area contributed by atoms with Gasteiger partial charge in [-0.05, 0) is 37.0 Å². The Bertz CT molecular complexity index is 699. The van der Waals surface area contributed by atoms with E-state index in [2.05, 4.69) is 0 Å². The molecule has 13 heteroatoms. The molecule has 0 aromatic heterocycles. The molecule has 2 aliphatic carbocycles. The standard InChI is InChI=1S/C23H31F13/c1-14(6-5-7-15-10-12-17(13-11-15)16-8-3-2-4-9-16)18(24,25)19(26,27)20(28,29)21(30,31)22(32,33)23(34,35)36/h14-17H,2-13H2,1H3/t14?,15-,17-. The van der Waals surface area contributed by atoms with E-state index in [1.54, 1.807) is 0 Å². The van der Waals surface area contributed by atoms with Crippen LogP contribution in [-0.2, 0) is 0 Å². The zero-order valence-electron chi connectivity index (χ0n) is 19.7. The maximum absolute atomic E-state index is 14.2. The van der Waals surface area contributed by atoms with Gasteiger partial charge in [0.25, 0.3) is 0 Å². The maximum atomic E-state index is 14.2. The lowest BCUT2D eigenvalue weighted by Crippen LogP contribution is -2.70. The van der Waals surface area contributed by atoms with Crippen LogP contribution in [0.25, 0.3) is 0 Å². The molecule has 0 aromatic carbocycles. The molecule has 0 heterocycles. The van der Waals surface area contributed by atoms with E-state index < -0.39 is 48.1 Å². The van der Waals surface area contributed by atoms with Crippen LogP contribution < -0.4 is 0 Å². The van der Waals surface area contributed by atoms with Crippen molar-refractivity contribution in [2.45, 2.75) is 120 Å². The van der Waals surface area contributed by atoms with Gasteiger partial charge in [0.1, 0.15) is 0 Å². The Morgan fingerprint density at radius 2 is 1.00 bits per heavy atom. The smallest absolute Gasteiger partial charge is 0.199 e. The molecule has 0 aromatic rings. The molecule has 36 heavy (non-hydrogen) atoms. The van der Waals surface area contributed by atoms with Crippen LogP contribution in [0, 0.1) is 23.7 Å². The van der Waals surface area contributed by atoms with Crippen molar-refractivity contribution in [2.75, 3.05) is 0 Å². The van der Waals surface area contributed by atoms with Gasteiger partial charge in [0.05, 0.1) is 0 Å². The van der Waals surface area contributed by atoms with E-state index in [1.807, 2.05) is 0 Å². The Morgan fingerprint density at radius 1 is 0.556 bits per heavy atom. The van der Waals surface area contributed by atoms with Crippen LogP contribution in [0.3, 0.4) is 0 Å². The zero-order valence-corrected chi connectivity index (χ0v) is 19.7. The predicted molar refractivity (Wildman–Crippen MR) is 106 cm³/mol. The van der Waals surface area contributed by atoms with Gasteiger partial charge in [0, 0.05) is 5.92 Å². The van der Waals surface area contributed by atoms with Crippen LogP contribution in [0.5, 0.6) is 0 Å². The average Bonchev–Trinajstić information content (AvgIpc) is 2.78. The minimum atomic E-state index is -7.83. The zero-order chi connectivity index (χ0) is 27.8. The molecule has 0 radical (unpaired) electrons. The summed E-state index contributed by atoms with van der Waals surface area (Å²) in [5.41, 5.74) is 0. The van der Waals surface area contributed by atoms with E-state index in [-0.39, 0.29) is 12.3 Å². The Labute approximate surface area is 201 Å². The van der Waals surface area contributed by atoms with Crippen LogP contribution in [0.4, 0.5) is 57.1 Å². The Morgan fingerprint density at radius 3 is 1.47 bits per heavy atom. The molecule has 0 spiro atoms. The first-order valence-electron chi connectivity index (χ1n) is 12.2. The Kier molecular flexibility index (Phi) is 9.30. The van der Waals surface area contributed by atoms with Crippen molar-refractivity contribution in [3.63, 3.8) is 0 Å².